The summed E-state index contributed by atoms with van der Waals surface area (Å²) < 4.78 is 20.2. The van der Waals surface area contributed by atoms with Gasteiger partial charge in [0.15, 0.2) is 0 Å². The predicted molar refractivity (Wildman–Crippen MR) is 104 cm³/mol. The van der Waals surface area contributed by atoms with Gasteiger partial charge >= 0.3 is 6.09 Å². The topological polar surface area (TPSA) is 74.8 Å². The van der Waals surface area contributed by atoms with E-state index in [1.54, 1.807) is 18.3 Å². The second-order valence-electron chi connectivity index (χ2n) is 7.74. The van der Waals surface area contributed by atoms with E-state index < -0.39 is 18.0 Å². The number of pyridine rings is 1. The Hall–Kier alpha value is -3.16. The molecule has 2 aliphatic heterocycles. The van der Waals surface area contributed by atoms with Gasteiger partial charge in [-0.1, -0.05) is 6.07 Å². The number of nitrogens with one attached hydrogen (secondary N) is 1. The molecule has 150 valence electrons. The van der Waals surface area contributed by atoms with Crippen LogP contribution in [0.25, 0.3) is 0 Å². The number of carbonyl (C=O) groups is 2. The van der Waals surface area contributed by atoms with E-state index in [4.69, 9.17) is 4.74 Å². The van der Waals surface area contributed by atoms with E-state index in [0.29, 0.717) is 24.5 Å². The van der Waals surface area contributed by atoms with Crippen LogP contribution in [0.1, 0.15) is 24.1 Å². The van der Waals surface area contributed by atoms with E-state index in [-0.39, 0.29) is 24.9 Å². The van der Waals surface area contributed by atoms with Crippen molar-refractivity contribution in [1.29, 1.82) is 0 Å². The second kappa shape index (κ2) is 7.02. The smallest absolute Gasteiger partial charge is 0.414 e. The molecule has 0 spiro atoms. The van der Waals surface area contributed by atoms with Crippen LogP contribution in [0, 0.1) is 11.7 Å². The van der Waals surface area contributed by atoms with Crippen LogP contribution in [0.15, 0.2) is 36.5 Å². The fraction of sp³-hybridized carbons (Fsp3) is 0.381. The summed E-state index contributed by atoms with van der Waals surface area (Å²) in [5.74, 6) is -0.277. The lowest BCUT2D eigenvalue weighted by Crippen LogP contribution is -2.35. The van der Waals surface area contributed by atoms with Crippen LogP contribution in [-0.4, -0.2) is 36.2 Å². The summed E-state index contributed by atoms with van der Waals surface area (Å²) in [7, 11) is 0. The first kappa shape index (κ1) is 17.9. The molecule has 2 amide bonds. The maximum atomic E-state index is 14.9. The molecule has 1 aromatic heterocycles. The third-order valence-electron chi connectivity index (χ3n) is 5.60. The molecule has 1 N–H and O–H groups in total. The molecule has 1 aliphatic carbocycles. The van der Waals surface area contributed by atoms with Crippen molar-refractivity contribution in [3.8, 4) is 0 Å². The molecule has 0 unspecified atom stereocenters. The number of hydrogen-bond acceptors (Lipinski definition) is 5. The standard InChI is InChI=1S/C21H21FN4O3/c22-17-8-15(5-6-19(17)25-10-14-2-1-7-23-18(14)12-25)26-11-16(29-21(26)28)9-24-20(27)13-3-4-13/h1-2,5-8,13,16H,3-4,9-12H2,(H,24,27)/t16-/m0/s1. The summed E-state index contributed by atoms with van der Waals surface area (Å²) in [5.41, 5.74) is 2.97. The maximum absolute atomic E-state index is 14.9. The normalized spacial score (nSPS) is 20.6. The van der Waals surface area contributed by atoms with Crippen LogP contribution in [-0.2, 0) is 22.6 Å². The number of aromatic nitrogens is 1. The van der Waals surface area contributed by atoms with E-state index in [0.717, 1.165) is 24.1 Å². The number of anilines is 2. The molecule has 3 aliphatic rings. The van der Waals surface area contributed by atoms with Gasteiger partial charge in [0.05, 0.1) is 36.7 Å². The number of hydrogen-bond donors (Lipinski definition) is 1. The van der Waals surface area contributed by atoms with Crippen molar-refractivity contribution in [2.45, 2.75) is 32.0 Å². The van der Waals surface area contributed by atoms with Gasteiger partial charge in [-0.25, -0.2) is 9.18 Å². The summed E-state index contributed by atoms with van der Waals surface area (Å²) in [6, 6.07) is 8.65. The van der Waals surface area contributed by atoms with Crippen LogP contribution in [0.2, 0.25) is 0 Å². The number of nitrogens with zero attached hydrogens (tertiary/aromatic N) is 3. The number of cyclic esters (lactones) is 1. The van der Waals surface area contributed by atoms with Crippen molar-refractivity contribution in [2.24, 2.45) is 5.92 Å². The highest BCUT2D eigenvalue weighted by Crippen LogP contribution is 2.32. The minimum atomic E-state index is -0.527. The van der Waals surface area contributed by atoms with Crippen molar-refractivity contribution in [1.82, 2.24) is 10.3 Å². The molecule has 0 radical (unpaired) electrons. The quantitative estimate of drug-likeness (QED) is 0.841. The van der Waals surface area contributed by atoms with E-state index >= 15 is 0 Å². The molecule has 7 nitrogen and oxygen atoms in total. The minimum Gasteiger partial charge on any atom is -0.442 e. The number of carbonyl (C=O) groups excluding carboxylic acids is 2. The molecule has 2 fully saturated rings. The third-order valence-corrected chi connectivity index (χ3v) is 5.60. The van der Waals surface area contributed by atoms with Crippen LogP contribution in [0.3, 0.4) is 0 Å². The van der Waals surface area contributed by atoms with Gasteiger partial charge in [0.2, 0.25) is 5.91 Å². The summed E-state index contributed by atoms with van der Waals surface area (Å²) in [6.45, 7) is 1.72. The van der Waals surface area contributed by atoms with Crippen molar-refractivity contribution in [3.05, 3.63) is 53.6 Å². The first-order valence-electron chi connectivity index (χ1n) is 9.81. The fourth-order valence-corrected chi connectivity index (χ4v) is 3.83. The molecular weight excluding hydrogens is 375 g/mol. The SMILES string of the molecule is O=C(NC[C@H]1CN(c2ccc(N3Cc4cccnc4C3)c(F)c2)C(=O)O1)C1CC1. The Morgan fingerprint density at radius 3 is 2.90 bits per heavy atom. The first-order valence-corrected chi connectivity index (χ1v) is 9.81. The highest BCUT2D eigenvalue weighted by atomic mass is 19.1. The second-order valence-corrected chi connectivity index (χ2v) is 7.74. The van der Waals surface area contributed by atoms with Gasteiger partial charge in [-0.05, 0) is 42.7 Å². The number of benzene rings is 1. The molecule has 5 rings (SSSR count). The lowest BCUT2D eigenvalue weighted by atomic mass is 10.2. The first-order chi connectivity index (χ1) is 14.1. The Balaban J connectivity index is 1.25. The summed E-state index contributed by atoms with van der Waals surface area (Å²) in [5, 5.41) is 2.82. The van der Waals surface area contributed by atoms with Gasteiger partial charge in [-0.15, -0.1) is 0 Å². The monoisotopic (exact) mass is 396 g/mol. The average Bonchev–Trinajstić information content (AvgIpc) is 3.37. The van der Waals surface area contributed by atoms with Crippen LogP contribution in [0.5, 0.6) is 0 Å². The van der Waals surface area contributed by atoms with E-state index in [9.17, 15) is 14.0 Å². The summed E-state index contributed by atoms with van der Waals surface area (Å²) in [6.07, 6.45) is 2.62. The van der Waals surface area contributed by atoms with Gasteiger partial charge in [-0.3, -0.25) is 14.7 Å². The average molecular weight is 396 g/mol. The molecular formula is C21H21FN4O3. The highest BCUT2D eigenvalue weighted by molar-refractivity contribution is 5.90. The Bertz CT molecular complexity index is 953. The zero-order valence-electron chi connectivity index (χ0n) is 15.8. The van der Waals surface area contributed by atoms with Gasteiger partial charge in [0.1, 0.15) is 11.9 Å². The molecule has 0 bridgehead atoms. The third kappa shape index (κ3) is 3.50. The Kier molecular flexibility index (Phi) is 4.34. The van der Waals surface area contributed by atoms with Crippen LogP contribution < -0.4 is 15.1 Å². The lowest BCUT2D eigenvalue weighted by Gasteiger charge is -2.20. The Morgan fingerprint density at radius 1 is 1.28 bits per heavy atom. The molecule has 1 atom stereocenters. The molecule has 29 heavy (non-hydrogen) atoms. The molecule has 1 aromatic carbocycles. The molecule has 1 saturated heterocycles. The molecule has 3 heterocycles. The number of amides is 2. The Morgan fingerprint density at radius 2 is 2.14 bits per heavy atom. The number of fused-ring (bicyclic) bond motifs is 1. The number of rotatable bonds is 5. The number of halogens is 1. The van der Waals surface area contributed by atoms with E-state index in [1.165, 1.54) is 11.0 Å². The van der Waals surface area contributed by atoms with Crippen molar-refractivity contribution >= 4 is 23.4 Å². The molecule has 2 aromatic rings. The van der Waals surface area contributed by atoms with Crippen molar-refractivity contribution in [3.63, 3.8) is 0 Å². The van der Waals surface area contributed by atoms with E-state index in [1.807, 2.05) is 17.0 Å². The molecule has 1 saturated carbocycles. The van der Waals surface area contributed by atoms with Crippen LogP contribution in [0.4, 0.5) is 20.6 Å². The predicted octanol–water partition coefficient (Wildman–Crippen LogP) is 2.59. The summed E-state index contributed by atoms with van der Waals surface area (Å²) in [4.78, 5) is 31.7. The van der Waals surface area contributed by atoms with Gasteiger partial charge in [0.25, 0.3) is 0 Å². The highest BCUT2D eigenvalue weighted by Gasteiger charge is 2.35. The van der Waals surface area contributed by atoms with Gasteiger partial charge in [0, 0.05) is 18.7 Å². The number of ether oxygens (including phenoxy) is 1. The lowest BCUT2D eigenvalue weighted by molar-refractivity contribution is -0.122. The van der Waals surface area contributed by atoms with E-state index in [2.05, 4.69) is 10.3 Å². The van der Waals surface area contributed by atoms with Gasteiger partial charge in [-0.2, -0.15) is 0 Å². The largest absolute Gasteiger partial charge is 0.442 e. The van der Waals surface area contributed by atoms with Crippen LogP contribution >= 0.6 is 0 Å². The van der Waals surface area contributed by atoms with Crippen molar-refractivity contribution < 1.29 is 18.7 Å². The zero-order chi connectivity index (χ0) is 20.0. The fourth-order valence-electron chi connectivity index (χ4n) is 3.83. The minimum absolute atomic E-state index is 0.0102. The molecule has 8 heteroatoms. The zero-order valence-corrected chi connectivity index (χ0v) is 15.8. The summed E-state index contributed by atoms with van der Waals surface area (Å²) >= 11 is 0. The van der Waals surface area contributed by atoms with Crippen molar-refractivity contribution in [2.75, 3.05) is 22.9 Å². The van der Waals surface area contributed by atoms with Gasteiger partial charge < -0.3 is 15.0 Å². The maximum Gasteiger partial charge on any atom is 0.414 e. The Labute approximate surface area is 167 Å².